The van der Waals surface area contributed by atoms with Crippen molar-refractivity contribution in [3.8, 4) is 0 Å². The maximum atomic E-state index is 11.4. The highest BCUT2D eigenvalue weighted by Gasteiger charge is 2.34. The number of hydrogen-bond acceptors (Lipinski definition) is 4. The molecule has 0 aromatic rings. The van der Waals surface area contributed by atoms with Crippen molar-refractivity contribution >= 4 is 15.6 Å². The van der Waals surface area contributed by atoms with Gasteiger partial charge in [-0.25, -0.2) is 8.42 Å². The third kappa shape index (κ3) is 2.54. The molecule has 0 atom stereocenters. The summed E-state index contributed by atoms with van der Waals surface area (Å²) in [5.41, 5.74) is 0. The van der Waals surface area contributed by atoms with Gasteiger partial charge in [0.2, 0.25) is 0 Å². The lowest BCUT2D eigenvalue weighted by Gasteiger charge is -2.27. The third-order valence-corrected chi connectivity index (χ3v) is 4.85. The molecule has 14 heavy (non-hydrogen) atoms. The SMILES string of the molecule is CC(C)(CN1CCC(=O)C1)S(C)(=O)=O. The summed E-state index contributed by atoms with van der Waals surface area (Å²) in [5.74, 6) is 0.203. The summed E-state index contributed by atoms with van der Waals surface area (Å²) >= 11 is 0. The lowest BCUT2D eigenvalue weighted by atomic mass is 10.2. The Kier molecular flexibility index (Phi) is 3.02. The van der Waals surface area contributed by atoms with Gasteiger partial charge < -0.3 is 0 Å². The fourth-order valence-corrected chi connectivity index (χ4v) is 1.90. The fourth-order valence-electron chi connectivity index (χ4n) is 1.48. The van der Waals surface area contributed by atoms with E-state index in [2.05, 4.69) is 0 Å². The van der Waals surface area contributed by atoms with Crippen LogP contribution in [0.2, 0.25) is 0 Å². The summed E-state index contributed by atoms with van der Waals surface area (Å²) in [6.07, 6.45) is 1.80. The molecule has 1 aliphatic heterocycles. The molecule has 0 unspecified atom stereocenters. The van der Waals surface area contributed by atoms with Gasteiger partial charge in [0.05, 0.1) is 11.3 Å². The molecule has 0 aromatic carbocycles. The molecule has 4 nitrogen and oxygen atoms in total. The summed E-state index contributed by atoms with van der Waals surface area (Å²) in [6.45, 7) is 4.94. The van der Waals surface area contributed by atoms with E-state index in [1.165, 1.54) is 6.26 Å². The van der Waals surface area contributed by atoms with Crippen LogP contribution in [-0.4, -0.2) is 49.7 Å². The molecule has 0 saturated carbocycles. The van der Waals surface area contributed by atoms with Crippen LogP contribution < -0.4 is 0 Å². The van der Waals surface area contributed by atoms with Gasteiger partial charge in [0, 0.05) is 25.8 Å². The molecule has 1 heterocycles. The highest BCUT2D eigenvalue weighted by Crippen LogP contribution is 2.18. The van der Waals surface area contributed by atoms with Crippen molar-refractivity contribution in [2.24, 2.45) is 0 Å². The smallest absolute Gasteiger partial charge is 0.153 e. The van der Waals surface area contributed by atoms with Gasteiger partial charge in [-0.15, -0.1) is 0 Å². The topological polar surface area (TPSA) is 54.5 Å². The zero-order valence-corrected chi connectivity index (χ0v) is 9.73. The standard InChI is InChI=1S/C9H17NO3S/c1-9(2,14(3,12)13)7-10-5-4-8(11)6-10/h4-7H2,1-3H3. The monoisotopic (exact) mass is 219 g/mol. The first-order valence-electron chi connectivity index (χ1n) is 4.66. The number of Topliss-reactive ketones (excluding diaryl/α,β-unsaturated/α-hetero) is 1. The molecule has 1 fully saturated rings. The molecule has 5 heteroatoms. The maximum Gasteiger partial charge on any atom is 0.153 e. The van der Waals surface area contributed by atoms with Gasteiger partial charge >= 0.3 is 0 Å². The zero-order valence-electron chi connectivity index (χ0n) is 8.91. The van der Waals surface area contributed by atoms with Gasteiger partial charge in [0.25, 0.3) is 0 Å². The molecule has 1 saturated heterocycles. The summed E-state index contributed by atoms with van der Waals surface area (Å²) in [4.78, 5) is 12.9. The average molecular weight is 219 g/mol. The molecule has 1 rings (SSSR count). The van der Waals surface area contributed by atoms with E-state index in [9.17, 15) is 13.2 Å². The minimum atomic E-state index is -3.06. The molecule has 0 radical (unpaired) electrons. The van der Waals surface area contributed by atoms with Gasteiger partial charge in [-0.1, -0.05) is 0 Å². The van der Waals surface area contributed by atoms with Crippen molar-refractivity contribution in [3.63, 3.8) is 0 Å². The van der Waals surface area contributed by atoms with E-state index < -0.39 is 14.6 Å². The highest BCUT2D eigenvalue weighted by molar-refractivity contribution is 7.92. The quantitative estimate of drug-likeness (QED) is 0.675. The van der Waals surface area contributed by atoms with Crippen molar-refractivity contribution in [1.29, 1.82) is 0 Å². The molecular formula is C9H17NO3S. The molecule has 0 aromatic heterocycles. The van der Waals surface area contributed by atoms with E-state index >= 15 is 0 Å². The lowest BCUT2D eigenvalue weighted by Crippen LogP contribution is -2.43. The van der Waals surface area contributed by atoms with Crippen LogP contribution in [0.25, 0.3) is 0 Å². The minimum Gasteiger partial charge on any atom is -0.298 e. The second-order valence-corrected chi connectivity index (χ2v) is 7.18. The van der Waals surface area contributed by atoms with Crippen molar-refractivity contribution in [1.82, 2.24) is 4.90 Å². The van der Waals surface area contributed by atoms with Gasteiger partial charge in [-0.05, 0) is 13.8 Å². The number of ketones is 1. The van der Waals surface area contributed by atoms with Crippen LogP contribution in [-0.2, 0) is 14.6 Å². The summed E-state index contributed by atoms with van der Waals surface area (Å²) in [7, 11) is -3.06. The molecule has 0 N–H and O–H groups in total. The predicted molar refractivity (Wildman–Crippen MR) is 55.0 cm³/mol. The van der Waals surface area contributed by atoms with Crippen molar-refractivity contribution in [2.45, 2.75) is 25.0 Å². The Morgan fingerprint density at radius 3 is 2.36 bits per heavy atom. The largest absolute Gasteiger partial charge is 0.298 e. The van der Waals surface area contributed by atoms with E-state index in [4.69, 9.17) is 0 Å². The van der Waals surface area contributed by atoms with Crippen molar-refractivity contribution < 1.29 is 13.2 Å². The van der Waals surface area contributed by atoms with Crippen molar-refractivity contribution in [2.75, 3.05) is 25.9 Å². The van der Waals surface area contributed by atoms with E-state index in [1.807, 2.05) is 4.90 Å². The van der Waals surface area contributed by atoms with E-state index in [1.54, 1.807) is 13.8 Å². The first-order chi connectivity index (χ1) is 6.22. The zero-order chi connectivity index (χ0) is 11.0. The Bertz CT molecular complexity index is 332. The minimum absolute atomic E-state index is 0.203. The molecule has 0 aliphatic carbocycles. The summed E-state index contributed by atoms with van der Waals surface area (Å²) in [5, 5.41) is 0. The first kappa shape index (κ1) is 11.7. The fraction of sp³-hybridized carbons (Fsp3) is 0.889. The van der Waals surface area contributed by atoms with Crippen LogP contribution in [0, 0.1) is 0 Å². The van der Waals surface area contributed by atoms with E-state index in [-0.39, 0.29) is 5.78 Å². The van der Waals surface area contributed by atoms with Crippen LogP contribution >= 0.6 is 0 Å². The second-order valence-electron chi connectivity index (χ2n) is 4.53. The van der Waals surface area contributed by atoms with Crippen LogP contribution in [0.5, 0.6) is 0 Å². The average Bonchev–Trinajstić information content (AvgIpc) is 2.31. The number of nitrogens with zero attached hydrogens (tertiary/aromatic N) is 1. The van der Waals surface area contributed by atoms with Crippen LogP contribution in [0.3, 0.4) is 0 Å². The van der Waals surface area contributed by atoms with Gasteiger partial charge in [-0.3, -0.25) is 9.69 Å². The number of hydrogen-bond donors (Lipinski definition) is 0. The van der Waals surface area contributed by atoms with E-state index in [0.29, 0.717) is 26.1 Å². The summed E-state index contributed by atoms with van der Waals surface area (Å²) in [6, 6.07) is 0. The Morgan fingerprint density at radius 1 is 1.43 bits per heavy atom. The second kappa shape index (κ2) is 3.62. The molecule has 82 valence electrons. The number of rotatable bonds is 3. The van der Waals surface area contributed by atoms with Crippen LogP contribution in [0.15, 0.2) is 0 Å². The normalized spacial score (nSPS) is 20.4. The van der Waals surface area contributed by atoms with Crippen LogP contribution in [0.1, 0.15) is 20.3 Å². The molecule has 0 amide bonds. The maximum absolute atomic E-state index is 11.4. The number of carbonyl (C=O) groups excluding carboxylic acids is 1. The van der Waals surface area contributed by atoms with Crippen LogP contribution in [0.4, 0.5) is 0 Å². The molecule has 1 aliphatic rings. The number of likely N-dealkylation sites (tertiary alicyclic amines) is 1. The lowest BCUT2D eigenvalue weighted by molar-refractivity contribution is -0.116. The Labute approximate surface area is 85.2 Å². The molecule has 0 spiro atoms. The predicted octanol–water partition coefficient (Wildman–Crippen LogP) is 0.0844. The van der Waals surface area contributed by atoms with Gasteiger partial charge in [-0.2, -0.15) is 0 Å². The molecule has 0 bridgehead atoms. The summed E-state index contributed by atoms with van der Waals surface area (Å²) < 4.78 is 22.1. The van der Waals surface area contributed by atoms with E-state index in [0.717, 1.165) is 0 Å². The molecular weight excluding hydrogens is 202 g/mol. The third-order valence-electron chi connectivity index (χ3n) is 2.71. The Balaban J connectivity index is 2.65. The Hall–Kier alpha value is -0.420. The first-order valence-corrected chi connectivity index (χ1v) is 6.55. The number of carbonyl (C=O) groups is 1. The van der Waals surface area contributed by atoms with Gasteiger partial charge in [0.15, 0.2) is 9.84 Å². The number of sulfone groups is 1. The van der Waals surface area contributed by atoms with Gasteiger partial charge in [0.1, 0.15) is 5.78 Å². The Morgan fingerprint density at radius 2 is 2.00 bits per heavy atom. The van der Waals surface area contributed by atoms with Crippen molar-refractivity contribution in [3.05, 3.63) is 0 Å². The highest BCUT2D eigenvalue weighted by atomic mass is 32.2.